The molecule has 0 aliphatic rings. The highest BCUT2D eigenvalue weighted by Crippen LogP contribution is 2.15. The number of ether oxygens (including phenoxy) is 2. The second kappa shape index (κ2) is 10.2. The van der Waals surface area contributed by atoms with Crippen LogP contribution in [0.4, 0.5) is 4.39 Å². The lowest BCUT2D eigenvalue weighted by atomic mass is 10.3. The molecule has 1 aromatic carbocycles. The van der Waals surface area contributed by atoms with Crippen molar-refractivity contribution in [2.45, 2.75) is 26.5 Å². The molecule has 0 spiro atoms. The van der Waals surface area contributed by atoms with E-state index in [9.17, 15) is 4.39 Å². The minimum absolute atomic E-state index is 0.159. The van der Waals surface area contributed by atoms with Gasteiger partial charge in [0, 0.05) is 24.4 Å². The molecule has 1 atom stereocenters. The lowest BCUT2D eigenvalue weighted by Gasteiger charge is -2.17. The number of aliphatic imine (C=N–C) groups is 1. The van der Waals surface area contributed by atoms with E-state index in [0.717, 1.165) is 12.1 Å². The Balaban J connectivity index is 1.92. The summed E-state index contributed by atoms with van der Waals surface area (Å²) in [6, 6.07) is 9.88. The van der Waals surface area contributed by atoms with Gasteiger partial charge in [0.25, 0.3) is 0 Å². The first-order valence-electron chi connectivity index (χ1n) is 8.54. The first-order valence-corrected chi connectivity index (χ1v) is 8.54. The molecule has 0 amide bonds. The largest absolute Gasteiger partial charge is 0.489 e. The van der Waals surface area contributed by atoms with E-state index in [1.54, 1.807) is 25.4 Å². The van der Waals surface area contributed by atoms with Crippen molar-refractivity contribution >= 4 is 5.96 Å². The van der Waals surface area contributed by atoms with Gasteiger partial charge in [0.2, 0.25) is 5.88 Å². The molecule has 2 aromatic rings. The van der Waals surface area contributed by atoms with Crippen molar-refractivity contribution in [2.75, 3.05) is 20.2 Å². The van der Waals surface area contributed by atoms with Gasteiger partial charge in [-0.25, -0.2) is 14.4 Å². The summed E-state index contributed by atoms with van der Waals surface area (Å²) in [5, 5.41) is 6.40. The van der Waals surface area contributed by atoms with Gasteiger partial charge >= 0.3 is 0 Å². The van der Waals surface area contributed by atoms with Crippen molar-refractivity contribution in [3.8, 4) is 11.6 Å². The molecule has 0 radical (unpaired) electrons. The van der Waals surface area contributed by atoms with Gasteiger partial charge in [-0.1, -0.05) is 12.1 Å². The summed E-state index contributed by atoms with van der Waals surface area (Å²) in [5.41, 5.74) is 0.899. The zero-order chi connectivity index (χ0) is 18.8. The van der Waals surface area contributed by atoms with Crippen molar-refractivity contribution in [1.82, 2.24) is 15.6 Å². The van der Waals surface area contributed by atoms with E-state index in [1.807, 2.05) is 26.0 Å². The number of nitrogens with zero attached hydrogens (tertiary/aromatic N) is 2. The molecule has 0 aliphatic heterocycles. The SMILES string of the molecule is CCNC(=NCc1cccnc1OC)NCC(C)Oc1cccc(F)c1. The number of halogens is 1. The van der Waals surface area contributed by atoms with Crippen molar-refractivity contribution in [3.05, 3.63) is 54.0 Å². The van der Waals surface area contributed by atoms with Crippen molar-refractivity contribution < 1.29 is 13.9 Å². The van der Waals surface area contributed by atoms with Crippen LogP contribution in [0.2, 0.25) is 0 Å². The number of pyridine rings is 1. The molecule has 1 unspecified atom stereocenters. The van der Waals surface area contributed by atoms with Crippen LogP contribution < -0.4 is 20.1 Å². The van der Waals surface area contributed by atoms with Crippen molar-refractivity contribution in [3.63, 3.8) is 0 Å². The third-order valence-electron chi connectivity index (χ3n) is 3.49. The molecule has 2 N–H and O–H groups in total. The number of hydrogen-bond donors (Lipinski definition) is 2. The van der Waals surface area contributed by atoms with Crippen LogP contribution in [-0.4, -0.2) is 37.2 Å². The van der Waals surface area contributed by atoms with Gasteiger partial charge in [-0.2, -0.15) is 0 Å². The molecule has 0 saturated carbocycles. The minimum Gasteiger partial charge on any atom is -0.489 e. The average molecular weight is 360 g/mol. The predicted molar refractivity (Wildman–Crippen MR) is 100 cm³/mol. The van der Waals surface area contributed by atoms with Crippen LogP contribution in [0, 0.1) is 5.82 Å². The Morgan fingerprint density at radius 2 is 2.12 bits per heavy atom. The Morgan fingerprint density at radius 1 is 1.27 bits per heavy atom. The third-order valence-corrected chi connectivity index (χ3v) is 3.49. The normalized spacial score (nSPS) is 12.4. The fraction of sp³-hybridized carbons (Fsp3) is 0.368. The molecule has 140 valence electrons. The van der Waals surface area contributed by atoms with Crippen molar-refractivity contribution in [1.29, 1.82) is 0 Å². The Labute approximate surface area is 153 Å². The number of aromatic nitrogens is 1. The zero-order valence-corrected chi connectivity index (χ0v) is 15.3. The van der Waals surface area contributed by atoms with E-state index in [4.69, 9.17) is 9.47 Å². The topological polar surface area (TPSA) is 67.8 Å². The van der Waals surface area contributed by atoms with E-state index < -0.39 is 0 Å². The standard InChI is InChI=1S/C19H25FN4O2/c1-4-21-19(24-13-15-7-6-10-22-18(15)25-3)23-12-14(2)26-17-9-5-8-16(20)11-17/h5-11,14H,4,12-13H2,1-3H3,(H2,21,23,24). The average Bonchev–Trinajstić information content (AvgIpc) is 2.64. The second-order valence-electron chi connectivity index (χ2n) is 5.63. The Hall–Kier alpha value is -2.83. The Morgan fingerprint density at radius 3 is 2.85 bits per heavy atom. The number of methoxy groups -OCH3 is 1. The highest BCUT2D eigenvalue weighted by Gasteiger charge is 2.07. The summed E-state index contributed by atoms with van der Waals surface area (Å²) in [6.07, 6.45) is 1.52. The predicted octanol–water partition coefficient (Wildman–Crippen LogP) is 2.75. The number of hydrogen-bond acceptors (Lipinski definition) is 4. The summed E-state index contributed by atoms with van der Waals surface area (Å²) in [7, 11) is 1.59. The summed E-state index contributed by atoms with van der Waals surface area (Å²) in [4.78, 5) is 8.71. The number of guanidine groups is 1. The first-order chi connectivity index (χ1) is 12.6. The van der Waals surface area contributed by atoms with Crippen LogP contribution in [0.3, 0.4) is 0 Å². The molecule has 1 aromatic heterocycles. The molecule has 6 nitrogen and oxygen atoms in total. The van der Waals surface area contributed by atoms with Gasteiger partial charge in [0.1, 0.15) is 17.7 Å². The lowest BCUT2D eigenvalue weighted by Crippen LogP contribution is -2.41. The third kappa shape index (κ3) is 6.23. The molecule has 0 saturated heterocycles. The van der Waals surface area contributed by atoms with Gasteiger partial charge in [0.05, 0.1) is 20.2 Å². The quantitative estimate of drug-likeness (QED) is 0.560. The van der Waals surface area contributed by atoms with Gasteiger partial charge in [-0.05, 0) is 32.0 Å². The highest BCUT2D eigenvalue weighted by atomic mass is 19.1. The van der Waals surface area contributed by atoms with Gasteiger partial charge in [-0.15, -0.1) is 0 Å². The summed E-state index contributed by atoms with van der Waals surface area (Å²) < 4.78 is 24.2. The van der Waals surface area contributed by atoms with E-state index in [2.05, 4.69) is 20.6 Å². The maximum Gasteiger partial charge on any atom is 0.218 e. The minimum atomic E-state index is -0.317. The fourth-order valence-corrected chi connectivity index (χ4v) is 2.29. The smallest absolute Gasteiger partial charge is 0.218 e. The monoisotopic (exact) mass is 360 g/mol. The molecule has 2 rings (SSSR count). The van der Waals surface area contributed by atoms with Crippen LogP contribution in [-0.2, 0) is 6.54 Å². The molecule has 26 heavy (non-hydrogen) atoms. The van der Waals surface area contributed by atoms with E-state index >= 15 is 0 Å². The molecule has 0 bridgehead atoms. The zero-order valence-electron chi connectivity index (χ0n) is 15.3. The molecule has 7 heteroatoms. The Bertz CT molecular complexity index is 724. The Kier molecular flexibility index (Phi) is 7.67. The lowest BCUT2D eigenvalue weighted by molar-refractivity contribution is 0.223. The summed E-state index contributed by atoms with van der Waals surface area (Å²) in [6.45, 7) is 5.59. The van der Waals surface area contributed by atoms with Crippen LogP contribution in [0.1, 0.15) is 19.4 Å². The maximum atomic E-state index is 13.2. The molecule has 0 fully saturated rings. The van der Waals surface area contributed by atoms with Gasteiger partial charge in [-0.3, -0.25) is 0 Å². The van der Waals surface area contributed by atoms with Gasteiger partial charge in [0.15, 0.2) is 5.96 Å². The maximum absolute atomic E-state index is 13.2. The summed E-state index contributed by atoms with van der Waals surface area (Å²) >= 11 is 0. The molecular formula is C19H25FN4O2. The van der Waals surface area contributed by atoms with Crippen LogP contribution in [0.15, 0.2) is 47.6 Å². The molecular weight excluding hydrogens is 335 g/mol. The number of nitrogens with one attached hydrogen (secondary N) is 2. The fourth-order valence-electron chi connectivity index (χ4n) is 2.29. The number of benzene rings is 1. The van der Waals surface area contributed by atoms with Crippen LogP contribution in [0.5, 0.6) is 11.6 Å². The summed E-state index contributed by atoms with van der Waals surface area (Å²) in [5.74, 6) is 1.41. The van der Waals surface area contributed by atoms with E-state index in [1.165, 1.54) is 12.1 Å². The van der Waals surface area contributed by atoms with Crippen molar-refractivity contribution in [2.24, 2.45) is 4.99 Å². The van der Waals surface area contributed by atoms with E-state index in [-0.39, 0.29) is 11.9 Å². The molecule has 0 aliphatic carbocycles. The highest BCUT2D eigenvalue weighted by molar-refractivity contribution is 5.79. The van der Waals surface area contributed by atoms with Gasteiger partial charge < -0.3 is 20.1 Å². The van der Waals surface area contributed by atoms with Crippen LogP contribution >= 0.6 is 0 Å². The number of rotatable bonds is 8. The van der Waals surface area contributed by atoms with E-state index in [0.29, 0.717) is 30.7 Å². The van der Waals surface area contributed by atoms with Crippen LogP contribution in [0.25, 0.3) is 0 Å². The molecule has 1 heterocycles. The second-order valence-corrected chi connectivity index (χ2v) is 5.63. The first kappa shape index (κ1) is 19.5.